The van der Waals surface area contributed by atoms with E-state index in [1.165, 1.54) is 11.1 Å². The standard InChI is InChI=1S/C20H30N2O2/c1-15-13-16-7-5-6-8-17(16)14-22(15)18-9-11-21(12-10-18)19(23)24-20(2,3)4/h5-8,15,18H,9-14H2,1-4H3. The highest BCUT2D eigenvalue weighted by atomic mass is 16.6. The van der Waals surface area contributed by atoms with Crippen LogP contribution in [0, 0.1) is 0 Å². The van der Waals surface area contributed by atoms with Crippen molar-refractivity contribution >= 4 is 6.09 Å². The van der Waals surface area contributed by atoms with Gasteiger partial charge in [-0.2, -0.15) is 0 Å². The molecule has 0 aliphatic carbocycles. The van der Waals surface area contributed by atoms with E-state index in [0.717, 1.165) is 38.9 Å². The van der Waals surface area contributed by atoms with Gasteiger partial charge in [-0.1, -0.05) is 24.3 Å². The summed E-state index contributed by atoms with van der Waals surface area (Å²) in [7, 11) is 0. The molecule has 4 heteroatoms. The van der Waals surface area contributed by atoms with Crippen LogP contribution in [0.25, 0.3) is 0 Å². The molecule has 2 aliphatic heterocycles. The molecule has 2 aliphatic rings. The molecule has 1 saturated heterocycles. The lowest BCUT2D eigenvalue weighted by molar-refractivity contribution is 0.00954. The Hall–Kier alpha value is -1.55. The van der Waals surface area contributed by atoms with Gasteiger partial charge in [-0.25, -0.2) is 4.79 Å². The molecule has 0 spiro atoms. The number of rotatable bonds is 1. The largest absolute Gasteiger partial charge is 0.444 e. The summed E-state index contributed by atoms with van der Waals surface area (Å²) < 4.78 is 5.50. The van der Waals surface area contributed by atoms with Crippen molar-refractivity contribution in [2.45, 2.75) is 71.2 Å². The van der Waals surface area contributed by atoms with E-state index in [1.54, 1.807) is 0 Å². The number of benzene rings is 1. The van der Waals surface area contributed by atoms with E-state index < -0.39 is 5.60 Å². The van der Waals surface area contributed by atoms with Crippen LogP contribution in [0.15, 0.2) is 24.3 Å². The van der Waals surface area contributed by atoms with E-state index in [-0.39, 0.29) is 6.09 Å². The van der Waals surface area contributed by atoms with Crippen LogP contribution in [-0.2, 0) is 17.7 Å². The van der Waals surface area contributed by atoms with Crippen LogP contribution in [0.5, 0.6) is 0 Å². The topological polar surface area (TPSA) is 32.8 Å². The summed E-state index contributed by atoms with van der Waals surface area (Å²) in [4.78, 5) is 16.7. The van der Waals surface area contributed by atoms with Gasteiger partial charge in [0.05, 0.1) is 0 Å². The summed E-state index contributed by atoms with van der Waals surface area (Å²) in [5.41, 5.74) is 2.54. The lowest BCUT2D eigenvalue weighted by atomic mass is 9.91. The first kappa shape index (κ1) is 17.3. The second-order valence-corrected chi connectivity index (χ2v) is 8.19. The van der Waals surface area contributed by atoms with Gasteiger partial charge in [0, 0.05) is 31.7 Å². The van der Waals surface area contributed by atoms with Crippen molar-refractivity contribution in [1.29, 1.82) is 0 Å². The van der Waals surface area contributed by atoms with Gasteiger partial charge in [0.1, 0.15) is 5.60 Å². The van der Waals surface area contributed by atoms with Crippen LogP contribution in [0.3, 0.4) is 0 Å². The van der Waals surface area contributed by atoms with Gasteiger partial charge in [0.2, 0.25) is 0 Å². The molecule has 2 heterocycles. The molecule has 3 rings (SSSR count). The second-order valence-electron chi connectivity index (χ2n) is 8.19. The van der Waals surface area contributed by atoms with Crippen LogP contribution in [0.4, 0.5) is 4.79 Å². The average Bonchev–Trinajstić information content (AvgIpc) is 2.53. The number of amides is 1. The lowest BCUT2D eigenvalue weighted by Crippen LogP contribution is -2.51. The number of ether oxygens (including phenoxy) is 1. The number of nitrogens with zero attached hydrogens (tertiary/aromatic N) is 2. The van der Waals surface area contributed by atoms with Crippen LogP contribution < -0.4 is 0 Å². The Balaban J connectivity index is 1.58. The Kier molecular flexibility index (Phi) is 4.86. The van der Waals surface area contributed by atoms with Crippen molar-refractivity contribution in [3.63, 3.8) is 0 Å². The molecule has 1 aromatic rings. The summed E-state index contributed by atoms with van der Waals surface area (Å²) in [6.07, 6.45) is 3.03. The molecule has 0 radical (unpaired) electrons. The van der Waals surface area contributed by atoms with E-state index in [9.17, 15) is 4.79 Å². The smallest absolute Gasteiger partial charge is 0.410 e. The SMILES string of the molecule is CC1Cc2ccccc2CN1C1CCN(C(=O)OC(C)(C)C)CC1. The predicted octanol–water partition coefficient (Wildman–Crippen LogP) is 3.83. The molecule has 1 aromatic carbocycles. The van der Waals surface area contributed by atoms with Crippen LogP contribution in [0.2, 0.25) is 0 Å². The maximum Gasteiger partial charge on any atom is 0.410 e. The molecule has 0 saturated carbocycles. The fourth-order valence-corrected chi connectivity index (χ4v) is 3.89. The first-order valence-corrected chi connectivity index (χ1v) is 9.14. The minimum atomic E-state index is -0.418. The average molecular weight is 330 g/mol. The van der Waals surface area contributed by atoms with Gasteiger partial charge in [-0.05, 0) is 58.1 Å². The quantitative estimate of drug-likeness (QED) is 0.784. The maximum atomic E-state index is 12.2. The summed E-state index contributed by atoms with van der Waals surface area (Å²) in [5, 5.41) is 0. The van der Waals surface area contributed by atoms with Crippen molar-refractivity contribution in [2.75, 3.05) is 13.1 Å². The Morgan fingerprint density at radius 1 is 1.12 bits per heavy atom. The Labute approximate surface area is 145 Å². The first-order chi connectivity index (χ1) is 11.3. The number of piperidine rings is 1. The fraction of sp³-hybridized carbons (Fsp3) is 0.650. The predicted molar refractivity (Wildman–Crippen MR) is 96.0 cm³/mol. The molecule has 0 N–H and O–H groups in total. The number of fused-ring (bicyclic) bond motifs is 1. The fourth-order valence-electron chi connectivity index (χ4n) is 3.89. The van der Waals surface area contributed by atoms with Crippen molar-refractivity contribution in [3.8, 4) is 0 Å². The molecule has 4 nitrogen and oxygen atoms in total. The zero-order valence-corrected chi connectivity index (χ0v) is 15.4. The molecule has 1 fully saturated rings. The van der Waals surface area contributed by atoms with E-state index in [0.29, 0.717) is 12.1 Å². The Morgan fingerprint density at radius 3 is 2.38 bits per heavy atom. The highest BCUT2D eigenvalue weighted by Crippen LogP contribution is 2.29. The Bertz CT molecular complexity index is 586. The van der Waals surface area contributed by atoms with Crippen molar-refractivity contribution in [2.24, 2.45) is 0 Å². The normalized spacial score (nSPS) is 23.0. The van der Waals surface area contributed by atoms with Crippen molar-refractivity contribution in [1.82, 2.24) is 9.80 Å². The highest BCUT2D eigenvalue weighted by Gasteiger charge is 2.33. The van der Waals surface area contributed by atoms with E-state index >= 15 is 0 Å². The number of likely N-dealkylation sites (tertiary alicyclic amines) is 1. The lowest BCUT2D eigenvalue weighted by Gasteiger charge is -2.44. The molecule has 1 unspecified atom stereocenters. The summed E-state index contributed by atoms with van der Waals surface area (Å²) in [5.74, 6) is 0. The first-order valence-electron chi connectivity index (χ1n) is 9.14. The number of carbonyl (C=O) groups is 1. The third-order valence-electron chi connectivity index (χ3n) is 5.14. The number of carbonyl (C=O) groups excluding carboxylic acids is 1. The van der Waals surface area contributed by atoms with Crippen LogP contribution in [0.1, 0.15) is 51.7 Å². The monoisotopic (exact) mass is 330 g/mol. The molecular weight excluding hydrogens is 300 g/mol. The molecule has 0 bridgehead atoms. The maximum absolute atomic E-state index is 12.2. The van der Waals surface area contributed by atoms with E-state index in [1.807, 2.05) is 25.7 Å². The molecule has 24 heavy (non-hydrogen) atoms. The van der Waals surface area contributed by atoms with Gasteiger partial charge in [0.25, 0.3) is 0 Å². The van der Waals surface area contributed by atoms with Crippen LogP contribution >= 0.6 is 0 Å². The Morgan fingerprint density at radius 2 is 1.75 bits per heavy atom. The summed E-state index contributed by atoms with van der Waals surface area (Å²) >= 11 is 0. The number of hydrogen-bond donors (Lipinski definition) is 0. The number of hydrogen-bond acceptors (Lipinski definition) is 3. The van der Waals surface area contributed by atoms with Crippen LogP contribution in [-0.4, -0.2) is 46.7 Å². The molecule has 1 amide bonds. The zero-order valence-electron chi connectivity index (χ0n) is 15.4. The van der Waals surface area contributed by atoms with Gasteiger partial charge >= 0.3 is 6.09 Å². The summed E-state index contributed by atoms with van der Waals surface area (Å²) in [6, 6.07) is 9.92. The third-order valence-corrected chi connectivity index (χ3v) is 5.14. The molecule has 1 atom stereocenters. The van der Waals surface area contributed by atoms with Crippen molar-refractivity contribution < 1.29 is 9.53 Å². The minimum absolute atomic E-state index is 0.169. The molecular formula is C20H30N2O2. The van der Waals surface area contributed by atoms with Gasteiger partial charge < -0.3 is 9.64 Å². The van der Waals surface area contributed by atoms with Crippen molar-refractivity contribution in [3.05, 3.63) is 35.4 Å². The van der Waals surface area contributed by atoms with Gasteiger partial charge in [-0.15, -0.1) is 0 Å². The molecule has 132 valence electrons. The minimum Gasteiger partial charge on any atom is -0.444 e. The van der Waals surface area contributed by atoms with Gasteiger partial charge in [-0.3, -0.25) is 4.90 Å². The van der Waals surface area contributed by atoms with E-state index in [2.05, 4.69) is 36.1 Å². The zero-order chi connectivity index (χ0) is 17.3. The third kappa shape index (κ3) is 3.92. The molecule has 0 aromatic heterocycles. The van der Waals surface area contributed by atoms with E-state index in [4.69, 9.17) is 4.74 Å². The van der Waals surface area contributed by atoms with Gasteiger partial charge in [0.15, 0.2) is 0 Å². The summed E-state index contributed by atoms with van der Waals surface area (Å²) in [6.45, 7) is 10.7. The highest BCUT2D eigenvalue weighted by molar-refractivity contribution is 5.68. The second kappa shape index (κ2) is 6.75.